The van der Waals surface area contributed by atoms with Crippen molar-refractivity contribution >= 4 is 0 Å². The molecule has 0 radical (unpaired) electrons. The first-order valence-electron chi connectivity index (χ1n) is 6.93. The van der Waals surface area contributed by atoms with Crippen LogP contribution in [0.5, 0.6) is 0 Å². The van der Waals surface area contributed by atoms with Crippen molar-refractivity contribution in [3.05, 3.63) is 35.1 Å². The normalized spacial score (nSPS) is 18.8. The Morgan fingerprint density at radius 1 is 1.33 bits per heavy atom. The molecule has 0 saturated carbocycles. The molecule has 1 aromatic carbocycles. The molecular formula is C15H23FN2. The van der Waals surface area contributed by atoms with Gasteiger partial charge in [-0.05, 0) is 36.6 Å². The van der Waals surface area contributed by atoms with Crippen molar-refractivity contribution in [1.82, 2.24) is 10.2 Å². The number of nitrogens with zero attached hydrogens (tertiary/aromatic N) is 1. The van der Waals surface area contributed by atoms with E-state index in [9.17, 15) is 4.39 Å². The predicted molar refractivity (Wildman–Crippen MR) is 73.2 cm³/mol. The summed E-state index contributed by atoms with van der Waals surface area (Å²) < 4.78 is 13.5. The second-order valence-corrected chi connectivity index (χ2v) is 5.09. The molecule has 1 fully saturated rings. The Morgan fingerprint density at radius 2 is 2.06 bits per heavy atom. The highest BCUT2D eigenvalue weighted by atomic mass is 19.1. The molecule has 2 rings (SSSR count). The molecule has 0 spiro atoms. The molecule has 1 N–H and O–H groups in total. The minimum absolute atomic E-state index is 0.119. The topological polar surface area (TPSA) is 15.3 Å². The van der Waals surface area contributed by atoms with E-state index in [4.69, 9.17) is 0 Å². The van der Waals surface area contributed by atoms with E-state index in [-0.39, 0.29) is 5.82 Å². The van der Waals surface area contributed by atoms with Gasteiger partial charge in [0.25, 0.3) is 0 Å². The fourth-order valence-corrected chi connectivity index (χ4v) is 2.77. The second-order valence-electron chi connectivity index (χ2n) is 5.09. The molecule has 1 atom stereocenters. The van der Waals surface area contributed by atoms with E-state index < -0.39 is 0 Å². The van der Waals surface area contributed by atoms with Crippen LogP contribution in [-0.2, 0) is 0 Å². The molecule has 0 bridgehead atoms. The number of aryl methyl sites for hydroxylation is 1. The van der Waals surface area contributed by atoms with Crippen molar-refractivity contribution < 1.29 is 4.39 Å². The van der Waals surface area contributed by atoms with Crippen LogP contribution < -0.4 is 5.32 Å². The van der Waals surface area contributed by atoms with Crippen molar-refractivity contribution in [3.63, 3.8) is 0 Å². The summed E-state index contributed by atoms with van der Waals surface area (Å²) in [7, 11) is 0. The first-order valence-corrected chi connectivity index (χ1v) is 6.93. The van der Waals surface area contributed by atoms with E-state index >= 15 is 0 Å². The summed E-state index contributed by atoms with van der Waals surface area (Å²) in [6, 6.07) is 5.54. The zero-order chi connectivity index (χ0) is 13.0. The molecular weight excluding hydrogens is 227 g/mol. The summed E-state index contributed by atoms with van der Waals surface area (Å²) in [5.74, 6) is -0.119. The Morgan fingerprint density at radius 3 is 2.72 bits per heavy atom. The molecule has 18 heavy (non-hydrogen) atoms. The number of benzene rings is 1. The predicted octanol–water partition coefficient (Wildman–Crippen LogP) is 2.88. The quantitative estimate of drug-likeness (QED) is 0.884. The lowest BCUT2D eigenvalue weighted by Crippen LogP contribution is -2.45. The van der Waals surface area contributed by atoms with E-state index in [2.05, 4.69) is 24.1 Å². The zero-order valence-electron chi connectivity index (χ0n) is 11.4. The molecule has 1 aliphatic heterocycles. The van der Waals surface area contributed by atoms with Crippen LogP contribution in [0.25, 0.3) is 0 Å². The van der Waals surface area contributed by atoms with Crippen LogP contribution >= 0.6 is 0 Å². The Labute approximate surface area is 109 Å². The third-order valence-electron chi connectivity index (χ3n) is 3.75. The van der Waals surface area contributed by atoms with Gasteiger partial charge in [0.2, 0.25) is 0 Å². The Bertz CT molecular complexity index is 386. The van der Waals surface area contributed by atoms with E-state index in [0.717, 1.165) is 39.0 Å². The SMILES string of the molecule is CCC[C@@H](c1cc(F)ccc1C)N1CCNCC1. The van der Waals surface area contributed by atoms with Crippen molar-refractivity contribution in [2.45, 2.75) is 32.7 Å². The average molecular weight is 250 g/mol. The molecule has 2 nitrogen and oxygen atoms in total. The minimum Gasteiger partial charge on any atom is -0.314 e. The Hall–Kier alpha value is -0.930. The van der Waals surface area contributed by atoms with Gasteiger partial charge in [-0.15, -0.1) is 0 Å². The molecule has 100 valence electrons. The van der Waals surface area contributed by atoms with E-state index in [1.165, 1.54) is 11.1 Å². The van der Waals surface area contributed by atoms with Crippen LogP contribution in [0.4, 0.5) is 4.39 Å². The first-order chi connectivity index (χ1) is 8.72. The number of halogens is 1. The van der Waals surface area contributed by atoms with Gasteiger partial charge >= 0.3 is 0 Å². The summed E-state index contributed by atoms with van der Waals surface area (Å²) in [6.07, 6.45) is 2.23. The van der Waals surface area contributed by atoms with Crippen LogP contribution in [0.15, 0.2) is 18.2 Å². The minimum atomic E-state index is -0.119. The maximum Gasteiger partial charge on any atom is 0.123 e. The second kappa shape index (κ2) is 6.30. The maximum atomic E-state index is 13.5. The molecule has 0 aliphatic carbocycles. The van der Waals surface area contributed by atoms with E-state index in [1.54, 1.807) is 12.1 Å². The van der Waals surface area contributed by atoms with Gasteiger partial charge in [-0.2, -0.15) is 0 Å². The highest BCUT2D eigenvalue weighted by Crippen LogP contribution is 2.29. The van der Waals surface area contributed by atoms with Gasteiger partial charge in [-0.25, -0.2) is 4.39 Å². The molecule has 0 unspecified atom stereocenters. The van der Waals surface area contributed by atoms with Crippen molar-refractivity contribution in [2.24, 2.45) is 0 Å². The van der Waals surface area contributed by atoms with Crippen LogP contribution in [0.3, 0.4) is 0 Å². The van der Waals surface area contributed by atoms with Gasteiger partial charge in [0.05, 0.1) is 0 Å². The standard InChI is InChI=1S/C15H23FN2/c1-3-4-15(18-9-7-17-8-10-18)14-11-13(16)6-5-12(14)2/h5-6,11,15,17H,3-4,7-10H2,1-2H3/t15-/m0/s1. The fraction of sp³-hybridized carbons (Fsp3) is 0.600. The summed E-state index contributed by atoms with van der Waals surface area (Å²) >= 11 is 0. The highest BCUT2D eigenvalue weighted by molar-refractivity contribution is 5.29. The molecule has 0 amide bonds. The van der Waals surface area contributed by atoms with Crippen LogP contribution in [0, 0.1) is 12.7 Å². The lowest BCUT2D eigenvalue weighted by molar-refractivity contribution is 0.164. The zero-order valence-corrected chi connectivity index (χ0v) is 11.4. The van der Waals surface area contributed by atoms with E-state index in [0.29, 0.717) is 6.04 Å². The van der Waals surface area contributed by atoms with Crippen molar-refractivity contribution in [3.8, 4) is 0 Å². The molecule has 1 saturated heterocycles. The van der Waals surface area contributed by atoms with Gasteiger partial charge in [0.15, 0.2) is 0 Å². The lowest BCUT2D eigenvalue weighted by Gasteiger charge is -2.36. The van der Waals surface area contributed by atoms with Gasteiger partial charge in [0, 0.05) is 32.2 Å². The molecule has 3 heteroatoms. The van der Waals surface area contributed by atoms with Gasteiger partial charge in [-0.1, -0.05) is 19.4 Å². The summed E-state index contributed by atoms with van der Waals surface area (Å²) in [6.45, 7) is 8.47. The molecule has 1 aromatic rings. The molecule has 1 aliphatic rings. The highest BCUT2D eigenvalue weighted by Gasteiger charge is 2.22. The third kappa shape index (κ3) is 3.09. The largest absolute Gasteiger partial charge is 0.314 e. The van der Waals surface area contributed by atoms with Gasteiger partial charge in [0.1, 0.15) is 5.82 Å². The monoisotopic (exact) mass is 250 g/mol. The Kier molecular flexibility index (Phi) is 4.72. The number of hydrogen-bond donors (Lipinski definition) is 1. The van der Waals surface area contributed by atoms with E-state index in [1.807, 2.05) is 6.07 Å². The fourth-order valence-electron chi connectivity index (χ4n) is 2.77. The van der Waals surface area contributed by atoms with Gasteiger partial charge < -0.3 is 5.32 Å². The van der Waals surface area contributed by atoms with Gasteiger partial charge in [-0.3, -0.25) is 4.90 Å². The summed E-state index contributed by atoms with van der Waals surface area (Å²) in [5, 5.41) is 3.37. The van der Waals surface area contributed by atoms with Crippen LogP contribution in [0.1, 0.15) is 36.9 Å². The molecule has 0 aromatic heterocycles. The first kappa shape index (κ1) is 13.5. The molecule has 1 heterocycles. The van der Waals surface area contributed by atoms with Crippen molar-refractivity contribution in [1.29, 1.82) is 0 Å². The number of piperazine rings is 1. The number of hydrogen-bond acceptors (Lipinski definition) is 2. The number of nitrogens with one attached hydrogen (secondary N) is 1. The number of rotatable bonds is 4. The Balaban J connectivity index is 2.24. The smallest absolute Gasteiger partial charge is 0.123 e. The van der Waals surface area contributed by atoms with Crippen LogP contribution in [-0.4, -0.2) is 31.1 Å². The average Bonchev–Trinajstić information content (AvgIpc) is 2.40. The third-order valence-corrected chi connectivity index (χ3v) is 3.75. The lowest BCUT2D eigenvalue weighted by atomic mass is 9.95. The van der Waals surface area contributed by atoms with Crippen LogP contribution in [0.2, 0.25) is 0 Å². The maximum absolute atomic E-state index is 13.5. The summed E-state index contributed by atoms with van der Waals surface area (Å²) in [4.78, 5) is 2.49. The summed E-state index contributed by atoms with van der Waals surface area (Å²) in [5.41, 5.74) is 2.37. The van der Waals surface area contributed by atoms with Crippen molar-refractivity contribution in [2.75, 3.05) is 26.2 Å².